The number of rotatable bonds is 3. The Labute approximate surface area is 213 Å². The molecule has 0 unspecified atom stereocenters. The molecule has 0 N–H and O–H groups in total. The average molecular weight is 487 g/mol. The van der Waals surface area contributed by atoms with Crippen LogP contribution in [-0.4, -0.2) is 21.4 Å². The van der Waals surface area contributed by atoms with Crippen LogP contribution in [0.3, 0.4) is 0 Å². The van der Waals surface area contributed by atoms with Crippen LogP contribution >= 0.6 is 0 Å². The van der Waals surface area contributed by atoms with Gasteiger partial charge < -0.3 is 10.3 Å². The van der Waals surface area contributed by atoms with Crippen LogP contribution in [0, 0.1) is 10.1 Å². The van der Waals surface area contributed by atoms with Gasteiger partial charge in [-0.1, -0.05) is 17.3 Å². The van der Waals surface area contributed by atoms with E-state index in [9.17, 15) is 15.3 Å². The topological polar surface area (TPSA) is 69.5 Å². The van der Waals surface area contributed by atoms with Gasteiger partial charge >= 0.3 is 0 Å². The number of hydrogen-bond donors (Lipinski definition) is 0. The predicted molar refractivity (Wildman–Crippen MR) is 151 cm³/mol. The van der Waals surface area contributed by atoms with Crippen LogP contribution in [0.15, 0.2) is 54.6 Å². The lowest BCUT2D eigenvalue weighted by molar-refractivity contribution is -0.539. The fourth-order valence-electron chi connectivity index (χ4n) is 4.51. The molecule has 1 radical (unpaired) electrons. The second-order valence-electron chi connectivity index (χ2n) is 12.6. The molecule has 6 heteroatoms. The third-order valence-corrected chi connectivity index (χ3v) is 6.41. The number of nitroso groups, excluding NO2 is 1. The van der Waals surface area contributed by atoms with Crippen molar-refractivity contribution in [2.24, 2.45) is 0 Å². The Morgan fingerprint density at radius 3 is 1.53 bits per heavy atom. The standard InChI is InChI=1S/C30H36N3O3/c1-28(2,3)31(34)19-10-13-22-25(16-19)23-14-11-20(32(35)29(4,5)6)18-27(23)24-15-12-21(17-26(22)24)33(36)30(7,8)9/h10-18H,1-9H3. The largest absolute Gasteiger partial charge is 0.758 e. The van der Waals surface area contributed by atoms with Crippen LogP contribution in [-0.2, 0) is 5.21 Å². The summed E-state index contributed by atoms with van der Waals surface area (Å²) in [6.07, 6.45) is 0. The number of hydroxylamine groups is 2. The monoisotopic (exact) mass is 486 g/mol. The molecule has 0 amide bonds. The SMILES string of the molecule is CC(C)(C)N([O])c1ccc2c(c1)c1ccc([N+](=O)C(C)(C)C)cc1c1ccc(N([O-])C(C)(C)C)cc21. The van der Waals surface area contributed by atoms with E-state index in [2.05, 4.69) is 0 Å². The van der Waals surface area contributed by atoms with Gasteiger partial charge in [0.25, 0.3) is 5.69 Å². The molecule has 0 aliphatic heterocycles. The normalized spacial score (nSPS) is 13.0. The van der Waals surface area contributed by atoms with Gasteiger partial charge in [0, 0.05) is 53.8 Å². The average Bonchev–Trinajstić information content (AvgIpc) is 2.79. The van der Waals surface area contributed by atoms with Gasteiger partial charge in [-0.2, -0.15) is 0 Å². The van der Waals surface area contributed by atoms with Crippen molar-refractivity contribution in [3.8, 4) is 0 Å². The molecule has 0 aromatic heterocycles. The van der Waals surface area contributed by atoms with Crippen molar-refractivity contribution in [3.63, 3.8) is 0 Å². The van der Waals surface area contributed by atoms with Crippen molar-refractivity contribution in [1.82, 2.24) is 0 Å². The Morgan fingerprint density at radius 1 is 0.611 bits per heavy atom. The number of fused-ring (bicyclic) bond motifs is 6. The Kier molecular flexibility index (Phi) is 6.05. The van der Waals surface area contributed by atoms with E-state index in [1.54, 1.807) is 0 Å². The van der Waals surface area contributed by atoms with Crippen LogP contribution < -0.4 is 10.1 Å². The smallest absolute Gasteiger partial charge is 0.257 e. The Bertz CT molecular complexity index is 1430. The van der Waals surface area contributed by atoms with E-state index in [0.29, 0.717) is 17.1 Å². The lowest BCUT2D eigenvalue weighted by Crippen LogP contribution is -2.37. The number of anilines is 2. The number of benzene rings is 4. The summed E-state index contributed by atoms with van der Waals surface area (Å²) < 4.78 is 1.02. The molecule has 36 heavy (non-hydrogen) atoms. The molecule has 0 fully saturated rings. The third-order valence-electron chi connectivity index (χ3n) is 6.41. The van der Waals surface area contributed by atoms with Crippen LogP contribution in [0.25, 0.3) is 32.3 Å². The van der Waals surface area contributed by atoms with Crippen LogP contribution in [0.1, 0.15) is 62.3 Å². The number of hydrogen-bond acceptors (Lipinski definition) is 4. The summed E-state index contributed by atoms with van der Waals surface area (Å²) in [6, 6.07) is 17.1. The summed E-state index contributed by atoms with van der Waals surface area (Å²) in [7, 11) is 0. The molecule has 0 aliphatic carbocycles. The summed E-state index contributed by atoms with van der Waals surface area (Å²) in [5.41, 5.74) is -0.0755. The lowest BCUT2D eigenvalue weighted by Gasteiger charge is -2.43. The van der Waals surface area contributed by atoms with E-state index < -0.39 is 16.6 Å². The van der Waals surface area contributed by atoms with Gasteiger partial charge in [0.2, 0.25) is 5.54 Å². The first-order valence-electron chi connectivity index (χ1n) is 12.4. The summed E-state index contributed by atoms with van der Waals surface area (Å²) in [5, 5.41) is 33.7. The van der Waals surface area contributed by atoms with Gasteiger partial charge in [-0.3, -0.25) is 0 Å². The Morgan fingerprint density at radius 2 is 1.06 bits per heavy atom. The fraction of sp³-hybridized carbons (Fsp3) is 0.400. The molecule has 4 rings (SSSR count). The molecule has 0 heterocycles. The zero-order chi connectivity index (χ0) is 26.8. The van der Waals surface area contributed by atoms with E-state index in [0.717, 1.165) is 47.2 Å². The molecule has 0 saturated carbocycles. The van der Waals surface area contributed by atoms with Gasteiger partial charge in [-0.05, 0) is 104 Å². The highest BCUT2D eigenvalue weighted by Gasteiger charge is 2.31. The maximum Gasteiger partial charge on any atom is 0.257 e. The summed E-state index contributed by atoms with van der Waals surface area (Å²) >= 11 is 0. The third kappa shape index (κ3) is 4.51. The zero-order valence-electron chi connectivity index (χ0n) is 22.8. The maximum absolute atomic E-state index is 13.0. The van der Waals surface area contributed by atoms with E-state index >= 15 is 0 Å². The molecule has 0 spiro atoms. The van der Waals surface area contributed by atoms with E-state index in [4.69, 9.17) is 0 Å². The van der Waals surface area contributed by atoms with Crippen molar-refractivity contribution in [1.29, 1.82) is 0 Å². The summed E-state index contributed by atoms with van der Waals surface area (Å²) in [5.74, 6) is 0. The van der Waals surface area contributed by atoms with Crippen molar-refractivity contribution in [3.05, 3.63) is 64.7 Å². The first-order chi connectivity index (χ1) is 16.5. The Balaban J connectivity index is 2.11. The second kappa shape index (κ2) is 8.43. The number of nitrogens with zero attached hydrogens (tertiary/aromatic N) is 3. The first kappa shape index (κ1) is 25.9. The maximum atomic E-state index is 13.0. The quantitative estimate of drug-likeness (QED) is 0.166. The molecular formula is C30H36N3O3. The van der Waals surface area contributed by atoms with Gasteiger partial charge in [-0.25, -0.2) is 5.06 Å². The van der Waals surface area contributed by atoms with Gasteiger partial charge in [0.05, 0.1) is 11.2 Å². The Hall–Kier alpha value is -3.22. The highest BCUT2D eigenvalue weighted by Crippen LogP contribution is 2.41. The van der Waals surface area contributed by atoms with E-state index in [1.807, 2.05) is 117 Å². The van der Waals surface area contributed by atoms with Gasteiger partial charge in [0.1, 0.15) is 0 Å². The second-order valence-corrected chi connectivity index (χ2v) is 12.6. The molecule has 4 aromatic carbocycles. The van der Waals surface area contributed by atoms with Crippen molar-refractivity contribution in [2.75, 3.05) is 10.1 Å². The summed E-state index contributed by atoms with van der Waals surface area (Å²) in [4.78, 5) is 13.0. The lowest BCUT2D eigenvalue weighted by atomic mass is 9.92. The first-order valence-corrected chi connectivity index (χ1v) is 12.4. The fourth-order valence-corrected chi connectivity index (χ4v) is 4.51. The highest BCUT2D eigenvalue weighted by molar-refractivity contribution is 6.26. The molecule has 0 aliphatic rings. The predicted octanol–water partition coefficient (Wildman–Crippen LogP) is 8.41. The van der Waals surface area contributed by atoms with Crippen LogP contribution in [0.4, 0.5) is 17.1 Å². The minimum absolute atomic E-state index is 0.566. The van der Waals surface area contributed by atoms with Crippen molar-refractivity contribution < 1.29 is 9.97 Å². The van der Waals surface area contributed by atoms with E-state index in [-0.39, 0.29) is 0 Å². The molecule has 0 saturated heterocycles. The van der Waals surface area contributed by atoms with Gasteiger partial charge in [-0.15, -0.1) is 0 Å². The molecule has 0 bridgehead atoms. The zero-order valence-corrected chi connectivity index (χ0v) is 22.8. The molecule has 6 nitrogen and oxygen atoms in total. The van der Waals surface area contributed by atoms with Crippen molar-refractivity contribution >= 4 is 49.4 Å². The van der Waals surface area contributed by atoms with Crippen molar-refractivity contribution in [2.45, 2.75) is 78.9 Å². The van der Waals surface area contributed by atoms with Gasteiger partial charge in [0.15, 0.2) is 0 Å². The highest BCUT2D eigenvalue weighted by atomic mass is 16.5. The summed E-state index contributed by atoms with van der Waals surface area (Å²) in [6.45, 7) is 16.9. The van der Waals surface area contributed by atoms with Crippen LogP contribution in [0.2, 0.25) is 0 Å². The van der Waals surface area contributed by atoms with E-state index in [1.165, 1.54) is 0 Å². The molecule has 0 atom stereocenters. The molecular weight excluding hydrogens is 450 g/mol. The minimum atomic E-state index is -0.591. The van der Waals surface area contributed by atoms with Crippen LogP contribution in [0.5, 0.6) is 0 Å². The minimum Gasteiger partial charge on any atom is -0.758 e. The molecule has 189 valence electrons. The molecule has 4 aromatic rings.